The van der Waals surface area contributed by atoms with Crippen LogP contribution in [0.4, 0.5) is 10.5 Å². The molecule has 2 rings (SSSR count). The number of anilines is 1. The van der Waals surface area contributed by atoms with Crippen LogP contribution in [0.3, 0.4) is 0 Å². The minimum atomic E-state index is -0.541. The first-order chi connectivity index (χ1) is 13.9. The number of benzene rings is 1. The molecule has 1 saturated heterocycles. The lowest BCUT2D eigenvalue weighted by atomic mass is 10.1. The molecule has 3 amide bonds. The van der Waals surface area contributed by atoms with E-state index in [1.807, 2.05) is 47.6 Å². The largest absolute Gasteiger partial charge is 0.444 e. The SMILES string of the molecule is CC(C)(C)NC(=O)c1ccccc1NCC(=O)N1CCN(C(=O)OC(C)(C)C)CC1. The molecule has 1 fully saturated rings. The van der Waals surface area contributed by atoms with Crippen molar-refractivity contribution in [2.24, 2.45) is 0 Å². The molecule has 1 aromatic rings. The first-order valence-corrected chi connectivity index (χ1v) is 10.3. The quantitative estimate of drug-likeness (QED) is 0.785. The maximum atomic E-state index is 12.6. The molecule has 166 valence electrons. The van der Waals surface area contributed by atoms with Gasteiger partial charge in [0.25, 0.3) is 5.91 Å². The zero-order chi connectivity index (χ0) is 22.5. The summed E-state index contributed by atoms with van der Waals surface area (Å²) in [5, 5.41) is 6.02. The van der Waals surface area contributed by atoms with Crippen molar-refractivity contribution in [3.63, 3.8) is 0 Å². The number of rotatable bonds is 4. The number of carbonyl (C=O) groups excluding carboxylic acids is 3. The number of nitrogens with one attached hydrogen (secondary N) is 2. The molecule has 0 bridgehead atoms. The van der Waals surface area contributed by atoms with Crippen molar-refractivity contribution in [2.45, 2.75) is 52.7 Å². The van der Waals surface area contributed by atoms with E-state index in [1.54, 1.807) is 28.0 Å². The number of carbonyl (C=O) groups is 3. The molecule has 0 unspecified atom stereocenters. The van der Waals surface area contributed by atoms with E-state index in [-0.39, 0.29) is 30.0 Å². The van der Waals surface area contributed by atoms with E-state index in [4.69, 9.17) is 4.74 Å². The number of hydrogen-bond acceptors (Lipinski definition) is 5. The highest BCUT2D eigenvalue weighted by atomic mass is 16.6. The van der Waals surface area contributed by atoms with E-state index >= 15 is 0 Å². The number of ether oxygens (including phenoxy) is 1. The molecule has 0 spiro atoms. The fourth-order valence-corrected chi connectivity index (χ4v) is 2.99. The second-order valence-corrected chi connectivity index (χ2v) is 9.45. The lowest BCUT2D eigenvalue weighted by Crippen LogP contribution is -2.52. The zero-order valence-electron chi connectivity index (χ0n) is 18.9. The first kappa shape index (κ1) is 23.5. The van der Waals surface area contributed by atoms with Crippen LogP contribution in [0.5, 0.6) is 0 Å². The molecule has 8 nitrogen and oxygen atoms in total. The third-order valence-electron chi connectivity index (χ3n) is 4.37. The summed E-state index contributed by atoms with van der Waals surface area (Å²) in [4.78, 5) is 40.6. The molecule has 0 saturated carbocycles. The van der Waals surface area contributed by atoms with E-state index < -0.39 is 5.60 Å². The summed E-state index contributed by atoms with van der Waals surface area (Å²) >= 11 is 0. The van der Waals surface area contributed by atoms with Crippen molar-refractivity contribution in [3.8, 4) is 0 Å². The van der Waals surface area contributed by atoms with Crippen LogP contribution in [-0.2, 0) is 9.53 Å². The highest BCUT2D eigenvalue weighted by molar-refractivity contribution is 6.00. The smallest absolute Gasteiger partial charge is 0.410 e. The van der Waals surface area contributed by atoms with Crippen LogP contribution < -0.4 is 10.6 Å². The first-order valence-electron chi connectivity index (χ1n) is 10.3. The number of piperazine rings is 1. The molecule has 8 heteroatoms. The van der Waals surface area contributed by atoms with E-state index in [0.29, 0.717) is 37.4 Å². The maximum Gasteiger partial charge on any atom is 0.410 e. The lowest BCUT2D eigenvalue weighted by molar-refractivity contribution is -0.131. The molecule has 30 heavy (non-hydrogen) atoms. The van der Waals surface area contributed by atoms with Gasteiger partial charge in [-0.3, -0.25) is 9.59 Å². The molecule has 0 atom stereocenters. The van der Waals surface area contributed by atoms with Crippen LogP contribution in [-0.4, -0.2) is 71.6 Å². The lowest BCUT2D eigenvalue weighted by Gasteiger charge is -2.35. The summed E-state index contributed by atoms with van der Waals surface area (Å²) in [6.45, 7) is 13.1. The van der Waals surface area contributed by atoms with Crippen LogP contribution in [0.15, 0.2) is 24.3 Å². The van der Waals surface area contributed by atoms with Gasteiger partial charge in [0.2, 0.25) is 5.91 Å². The second kappa shape index (κ2) is 9.36. The minimum absolute atomic E-state index is 0.0756. The maximum absolute atomic E-state index is 12.6. The summed E-state index contributed by atoms with van der Waals surface area (Å²) in [6.07, 6.45) is -0.355. The standard InChI is InChI=1S/C22H34N4O4/c1-21(2,3)24-19(28)16-9-7-8-10-17(16)23-15-18(27)25-11-13-26(14-12-25)20(29)30-22(4,5)6/h7-10,23H,11-15H2,1-6H3,(H,24,28). The van der Waals surface area contributed by atoms with Crippen LogP contribution in [0.1, 0.15) is 51.9 Å². The van der Waals surface area contributed by atoms with Gasteiger partial charge in [-0.2, -0.15) is 0 Å². The van der Waals surface area contributed by atoms with Gasteiger partial charge >= 0.3 is 6.09 Å². The van der Waals surface area contributed by atoms with Crippen molar-refractivity contribution in [3.05, 3.63) is 29.8 Å². The molecule has 0 aliphatic carbocycles. The summed E-state index contributed by atoms with van der Waals surface area (Å²) in [5.74, 6) is -0.270. The van der Waals surface area contributed by atoms with Gasteiger partial charge in [-0.1, -0.05) is 12.1 Å². The van der Waals surface area contributed by atoms with Crippen LogP contribution in [0.2, 0.25) is 0 Å². The Labute approximate surface area is 178 Å². The van der Waals surface area contributed by atoms with Crippen molar-refractivity contribution in [1.82, 2.24) is 15.1 Å². The monoisotopic (exact) mass is 418 g/mol. The number of para-hydroxylation sites is 1. The van der Waals surface area contributed by atoms with E-state index in [2.05, 4.69) is 10.6 Å². The third kappa shape index (κ3) is 7.24. The average molecular weight is 419 g/mol. The summed E-state index contributed by atoms with van der Waals surface area (Å²) in [5.41, 5.74) is 0.212. The van der Waals surface area contributed by atoms with Crippen LogP contribution in [0, 0.1) is 0 Å². The molecular formula is C22H34N4O4. The summed E-state index contributed by atoms with van der Waals surface area (Å²) in [7, 11) is 0. The van der Waals surface area contributed by atoms with Crippen molar-refractivity contribution in [1.29, 1.82) is 0 Å². The van der Waals surface area contributed by atoms with Gasteiger partial charge in [0, 0.05) is 37.4 Å². The number of amides is 3. The van der Waals surface area contributed by atoms with E-state index in [0.717, 1.165) is 0 Å². The Morgan fingerprint density at radius 3 is 2.07 bits per heavy atom. The Kier molecular flexibility index (Phi) is 7.34. The molecule has 1 heterocycles. The molecule has 1 aliphatic rings. The predicted octanol–water partition coefficient (Wildman–Crippen LogP) is 2.71. The molecular weight excluding hydrogens is 384 g/mol. The second-order valence-electron chi connectivity index (χ2n) is 9.45. The Bertz CT molecular complexity index is 772. The molecule has 0 aromatic heterocycles. The van der Waals surface area contributed by atoms with E-state index in [9.17, 15) is 14.4 Å². The van der Waals surface area contributed by atoms with Crippen molar-refractivity contribution < 1.29 is 19.1 Å². The Hall–Kier alpha value is -2.77. The topological polar surface area (TPSA) is 91.0 Å². The molecule has 2 N–H and O–H groups in total. The fraction of sp³-hybridized carbons (Fsp3) is 0.591. The molecule has 1 aliphatic heterocycles. The summed E-state index contributed by atoms with van der Waals surface area (Å²) in [6, 6.07) is 7.12. The van der Waals surface area contributed by atoms with Gasteiger partial charge in [0.05, 0.1) is 12.1 Å². The van der Waals surface area contributed by atoms with Gasteiger partial charge in [0.15, 0.2) is 0 Å². The van der Waals surface area contributed by atoms with Gasteiger partial charge in [-0.25, -0.2) is 4.79 Å². The Morgan fingerprint density at radius 1 is 0.933 bits per heavy atom. The van der Waals surface area contributed by atoms with E-state index in [1.165, 1.54) is 0 Å². The predicted molar refractivity (Wildman–Crippen MR) is 117 cm³/mol. The third-order valence-corrected chi connectivity index (χ3v) is 4.37. The molecule has 1 aromatic carbocycles. The van der Waals surface area contributed by atoms with Crippen molar-refractivity contribution in [2.75, 3.05) is 38.0 Å². The number of hydrogen-bond donors (Lipinski definition) is 2. The van der Waals surface area contributed by atoms with Gasteiger partial charge in [-0.05, 0) is 53.7 Å². The highest BCUT2D eigenvalue weighted by Crippen LogP contribution is 2.17. The van der Waals surface area contributed by atoms with Crippen molar-refractivity contribution >= 4 is 23.6 Å². The average Bonchev–Trinajstić information content (AvgIpc) is 2.63. The van der Waals surface area contributed by atoms with Gasteiger partial charge < -0.3 is 25.2 Å². The van der Waals surface area contributed by atoms with Crippen LogP contribution in [0.25, 0.3) is 0 Å². The molecule has 0 radical (unpaired) electrons. The van der Waals surface area contributed by atoms with Crippen LogP contribution >= 0.6 is 0 Å². The highest BCUT2D eigenvalue weighted by Gasteiger charge is 2.27. The van der Waals surface area contributed by atoms with Gasteiger partial charge in [-0.15, -0.1) is 0 Å². The van der Waals surface area contributed by atoms with Gasteiger partial charge in [0.1, 0.15) is 5.60 Å². The normalized spacial score (nSPS) is 14.9. The minimum Gasteiger partial charge on any atom is -0.444 e. The number of nitrogens with zero attached hydrogens (tertiary/aromatic N) is 2. The Balaban J connectivity index is 1.89. The fourth-order valence-electron chi connectivity index (χ4n) is 2.99. The zero-order valence-corrected chi connectivity index (χ0v) is 18.9. The summed E-state index contributed by atoms with van der Waals surface area (Å²) < 4.78 is 5.38. The Morgan fingerprint density at radius 2 is 1.50 bits per heavy atom.